The van der Waals surface area contributed by atoms with E-state index in [0.717, 1.165) is 0 Å². The highest BCUT2D eigenvalue weighted by Gasteiger charge is 2.24. The Morgan fingerprint density at radius 3 is 2.43 bits per heavy atom. The van der Waals surface area contributed by atoms with Gasteiger partial charge in [0.15, 0.2) is 0 Å². The molecule has 0 atom stereocenters. The van der Waals surface area contributed by atoms with Crippen LogP contribution in [0.4, 0.5) is 0 Å². The molecule has 8 heteroatoms. The molecule has 146 valence electrons. The maximum atomic E-state index is 13.1. The van der Waals surface area contributed by atoms with Crippen LogP contribution >= 0.6 is 23.2 Å². The van der Waals surface area contributed by atoms with Crippen molar-refractivity contribution in [3.8, 4) is 5.75 Å². The Morgan fingerprint density at radius 1 is 1.11 bits per heavy atom. The molecule has 0 aliphatic carbocycles. The normalized spacial score (nSPS) is 11.0. The lowest BCUT2D eigenvalue weighted by Gasteiger charge is -2.08. The molecule has 0 unspecified atom stereocenters. The van der Waals surface area contributed by atoms with Gasteiger partial charge < -0.3 is 15.5 Å². The quantitative estimate of drug-likeness (QED) is 0.590. The van der Waals surface area contributed by atoms with Crippen LogP contribution in [-0.4, -0.2) is 39.7 Å². The van der Waals surface area contributed by atoms with Crippen molar-refractivity contribution in [1.82, 2.24) is 9.88 Å². The molecule has 0 radical (unpaired) electrons. The van der Waals surface area contributed by atoms with Crippen molar-refractivity contribution in [2.45, 2.75) is 13.3 Å². The molecule has 0 saturated heterocycles. The molecule has 1 heterocycles. The van der Waals surface area contributed by atoms with Gasteiger partial charge in [0.1, 0.15) is 5.75 Å². The SMILES string of the molecule is Cc1c(CC(=O)NCCO)c2c(Cl)c(O)ccc2n1C(=O)c1ccc(Cl)cc1. The molecule has 0 bridgehead atoms. The van der Waals surface area contributed by atoms with Gasteiger partial charge in [-0.1, -0.05) is 23.2 Å². The first-order chi connectivity index (χ1) is 13.3. The van der Waals surface area contributed by atoms with E-state index in [4.69, 9.17) is 28.3 Å². The number of hydrogen-bond acceptors (Lipinski definition) is 4. The molecule has 0 fully saturated rings. The van der Waals surface area contributed by atoms with Crippen LogP contribution in [0.25, 0.3) is 10.9 Å². The number of benzene rings is 2. The first-order valence-corrected chi connectivity index (χ1v) is 9.30. The minimum Gasteiger partial charge on any atom is -0.506 e. The van der Waals surface area contributed by atoms with Gasteiger partial charge in [-0.05, 0) is 48.9 Å². The monoisotopic (exact) mass is 420 g/mol. The third-order valence-electron chi connectivity index (χ3n) is 4.48. The van der Waals surface area contributed by atoms with Gasteiger partial charge in [0.25, 0.3) is 5.91 Å². The molecule has 3 aromatic rings. The molecule has 6 nitrogen and oxygen atoms in total. The Morgan fingerprint density at radius 2 is 1.79 bits per heavy atom. The van der Waals surface area contributed by atoms with Gasteiger partial charge in [0, 0.05) is 28.2 Å². The van der Waals surface area contributed by atoms with Gasteiger partial charge in [-0.25, -0.2) is 0 Å². The number of aliphatic hydroxyl groups excluding tert-OH is 1. The minimum atomic E-state index is -0.324. The van der Waals surface area contributed by atoms with Crippen molar-refractivity contribution >= 4 is 45.9 Å². The number of nitrogens with one attached hydrogen (secondary N) is 1. The lowest BCUT2D eigenvalue weighted by molar-refractivity contribution is -0.120. The molecule has 0 spiro atoms. The molecule has 1 aromatic heterocycles. The Balaban J connectivity index is 2.17. The fraction of sp³-hybridized carbons (Fsp3) is 0.200. The Bertz CT molecular complexity index is 1060. The molecule has 1 amide bonds. The van der Waals surface area contributed by atoms with E-state index < -0.39 is 0 Å². The highest BCUT2D eigenvalue weighted by molar-refractivity contribution is 6.37. The second-order valence-electron chi connectivity index (χ2n) is 6.25. The summed E-state index contributed by atoms with van der Waals surface area (Å²) in [6, 6.07) is 9.48. The molecule has 3 N–H and O–H groups in total. The summed E-state index contributed by atoms with van der Waals surface area (Å²) in [6.45, 7) is 1.66. The summed E-state index contributed by atoms with van der Waals surface area (Å²) in [6.07, 6.45) is -0.0492. The van der Waals surface area contributed by atoms with Crippen LogP contribution in [0.5, 0.6) is 5.75 Å². The predicted octanol–water partition coefficient (Wildman–Crippen LogP) is 3.30. The number of amides is 1. The molecule has 0 aliphatic rings. The summed E-state index contributed by atoms with van der Waals surface area (Å²) in [4.78, 5) is 25.4. The molecular formula is C20H18Cl2N2O4. The van der Waals surface area contributed by atoms with E-state index in [0.29, 0.717) is 32.7 Å². The van der Waals surface area contributed by atoms with Crippen LogP contribution in [0.15, 0.2) is 36.4 Å². The Kier molecular flexibility index (Phi) is 5.93. The third kappa shape index (κ3) is 3.71. The summed E-state index contributed by atoms with van der Waals surface area (Å²) < 4.78 is 1.47. The average Bonchev–Trinajstić information content (AvgIpc) is 2.95. The zero-order valence-corrected chi connectivity index (χ0v) is 16.5. The number of halogens is 2. The first kappa shape index (κ1) is 20.2. The van der Waals surface area contributed by atoms with Crippen LogP contribution in [0, 0.1) is 6.92 Å². The highest BCUT2D eigenvalue weighted by atomic mass is 35.5. The number of phenols is 1. The van der Waals surface area contributed by atoms with Gasteiger partial charge in [-0.2, -0.15) is 0 Å². The minimum absolute atomic E-state index is 0.0492. The summed E-state index contributed by atoms with van der Waals surface area (Å²) in [5, 5.41) is 22.5. The lowest BCUT2D eigenvalue weighted by Crippen LogP contribution is -2.28. The summed E-state index contributed by atoms with van der Waals surface area (Å²) in [5.74, 6) is -0.764. The van der Waals surface area contributed by atoms with E-state index in [2.05, 4.69) is 5.32 Å². The van der Waals surface area contributed by atoms with E-state index in [9.17, 15) is 14.7 Å². The Labute approximate surface area is 171 Å². The Hall–Kier alpha value is -2.54. The second-order valence-corrected chi connectivity index (χ2v) is 7.07. The summed E-state index contributed by atoms with van der Waals surface area (Å²) in [5.41, 5.74) is 1.99. The molecular weight excluding hydrogens is 403 g/mol. The zero-order valence-electron chi connectivity index (χ0n) is 15.0. The zero-order chi connectivity index (χ0) is 20.4. The fourth-order valence-corrected chi connectivity index (χ4v) is 3.54. The van der Waals surface area contributed by atoms with E-state index in [1.165, 1.54) is 10.6 Å². The third-order valence-corrected chi connectivity index (χ3v) is 5.11. The number of rotatable bonds is 5. The molecule has 3 rings (SSSR count). The molecule has 2 aromatic carbocycles. The van der Waals surface area contributed by atoms with Crippen molar-refractivity contribution < 1.29 is 19.8 Å². The molecule has 0 aliphatic heterocycles. The van der Waals surface area contributed by atoms with Crippen LogP contribution in [0.3, 0.4) is 0 Å². The molecule has 28 heavy (non-hydrogen) atoms. The number of hydrogen-bond donors (Lipinski definition) is 3. The topological polar surface area (TPSA) is 91.6 Å². The number of nitrogens with zero attached hydrogens (tertiary/aromatic N) is 1. The maximum Gasteiger partial charge on any atom is 0.262 e. The van der Waals surface area contributed by atoms with E-state index in [1.807, 2.05) is 0 Å². The maximum absolute atomic E-state index is 13.1. The van der Waals surface area contributed by atoms with Gasteiger partial charge in [0.2, 0.25) is 5.91 Å². The van der Waals surface area contributed by atoms with Crippen LogP contribution in [0.1, 0.15) is 21.6 Å². The number of phenolic OH excluding ortho intramolecular Hbond substituents is 1. The van der Waals surface area contributed by atoms with Crippen molar-refractivity contribution in [1.29, 1.82) is 0 Å². The van der Waals surface area contributed by atoms with Crippen LogP contribution < -0.4 is 5.32 Å². The lowest BCUT2D eigenvalue weighted by atomic mass is 10.1. The van der Waals surface area contributed by atoms with Crippen LogP contribution in [0.2, 0.25) is 10.0 Å². The van der Waals surface area contributed by atoms with Crippen molar-refractivity contribution in [3.63, 3.8) is 0 Å². The van der Waals surface area contributed by atoms with Crippen molar-refractivity contribution in [2.75, 3.05) is 13.2 Å². The predicted molar refractivity (Wildman–Crippen MR) is 108 cm³/mol. The number of aromatic nitrogens is 1. The van der Waals surface area contributed by atoms with Gasteiger partial charge in [-0.15, -0.1) is 0 Å². The first-order valence-electron chi connectivity index (χ1n) is 8.54. The van der Waals surface area contributed by atoms with E-state index in [1.54, 1.807) is 37.3 Å². The number of fused-ring (bicyclic) bond motifs is 1. The second kappa shape index (κ2) is 8.22. The average molecular weight is 421 g/mol. The fourth-order valence-electron chi connectivity index (χ4n) is 3.14. The van der Waals surface area contributed by atoms with E-state index in [-0.39, 0.29) is 42.2 Å². The molecule has 0 saturated carbocycles. The number of aromatic hydroxyl groups is 1. The van der Waals surface area contributed by atoms with Crippen molar-refractivity contribution in [3.05, 3.63) is 63.3 Å². The smallest absolute Gasteiger partial charge is 0.262 e. The summed E-state index contributed by atoms with van der Waals surface area (Å²) >= 11 is 12.2. The largest absolute Gasteiger partial charge is 0.506 e. The number of carbonyl (C=O) groups is 2. The summed E-state index contributed by atoms with van der Waals surface area (Å²) in [7, 11) is 0. The number of aliphatic hydroxyl groups is 1. The van der Waals surface area contributed by atoms with Crippen LogP contribution in [-0.2, 0) is 11.2 Å². The van der Waals surface area contributed by atoms with Gasteiger partial charge >= 0.3 is 0 Å². The standard InChI is InChI=1S/C20H18Cl2N2O4/c1-11-14(10-17(27)23-8-9-25)18-15(6-7-16(26)19(18)22)24(11)20(28)12-2-4-13(21)5-3-12/h2-7,25-26H,8-10H2,1H3,(H,23,27). The highest BCUT2D eigenvalue weighted by Crippen LogP contribution is 2.38. The number of carbonyl (C=O) groups excluding carboxylic acids is 2. The van der Waals surface area contributed by atoms with E-state index >= 15 is 0 Å². The van der Waals surface area contributed by atoms with Gasteiger partial charge in [0.05, 0.1) is 23.6 Å². The van der Waals surface area contributed by atoms with Gasteiger partial charge in [-0.3, -0.25) is 14.2 Å². The van der Waals surface area contributed by atoms with Crippen molar-refractivity contribution in [2.24, 2.45) is 0 Å².